The van der Waals surface area contributed by atoms with E-state index in [0.717, 1.165) is 23.1 Å². The van der Waals surface area contributed by atoms with Crippen molar-refractivity contribution in [2.45, 2.75) is 39.5 Å². The summed E-state index contributed by atoms with van der Waals surface area (Å²) >= 11 is 0. The molecule has 0 unspecified atom stereocenters. The molecule has 1 amide bonds. The summed E-state index contributed by atoms with van der Waals surface area (Å²) in [6.07, 6.45) is -2.15. The largest absolute Gasteiger partial charge is 0.412 e. The minimum atomic E-state index is -4.61. The number of halogens is 3. The summed E-state index contributed by atoms with van der Waals surface area (Å²) in [5, 5.41) is 6.17. The first kappa shape index (κ1) is 17.0. The lowest BCUT2D eigenvalue weighted by atomic mass is 10.1. The molecule has 0 aliphatic heterocycles. The molecule has 0 saturated carbocycles. The minimum absolute atomic E-state index is 0.113. The fourth-order valence-electron chi connectivity index (χ4n) is 2.18. The van der Waals surface area contributed by atoms with E-state index >= 15 is 0 Å². The second kappa shape index (κ2) is 6.39. The Balaban J connectivity index is 2.17. The Morgan fingerprint density at radius 3 is 2.52 bits per heavy atom. The summed E-state index contributed by atoms with van der Waals surface area (Å²) in [7, 11) is 0. The molecule has 0 spiro atoms. The number of amides is 1. The van der Waals surface area contributed by atoms with Crippen LogP contribution in [-0.2, 0) is 11.3 Å². The average molecular weight is 326 g/mol. The van der Waals surface area contributed by atoms with Crippen LogP contribution in [-0.4, -0.2) is 26.8 Å². The molecule has 0 radical (unpaired) electrons. The van der Waals surface area contributed by atoms with Crippen molar-refractivity contribution in [1.29, 1.82) is 0 Å². The zero-order valence-electron chi connectivity index (χ0n) is 13.0. The molecule has 0 bridgehead atoms. The van der Waals surface area contributed by atoms with Crippen LogP contribution in [0.3, 0.4) is 0 Å². The number of hydrogen-bond donors (Lipinski definition) is 1. The molecule has 5 nitrogen and oxygen atoms in total. The van der Waals surface area contributed by atoms with Crippen LogP contribution in [0.15, 0.2) is 24.5 Å². The molecule has 23 heavy (non-hydrogen) atoms. The number of pyridine rings is 1. The van der Waals surface area contributed by atoms with Gasteiger partial charge in [-0.3, -0.25) is 14.5 Å². The van der Waals surface area contributed by atoms with Crippen LogP contribution in [0, 0.1) is 20.8 Å². The third-order valence-electron chi connectivity index (χ3n) is 3.69. The van der Waals surface area contributed by atoms with Crippen LogP contribution in [0.25, 0.3) is 0 Å². The topological polar surface area (TPSA) is 59.8 Å². The highest BCUT2D eigenvalue weighted by molar-refractivity contribution is 5.76. The third kappa shape index (κ3) is 3.88. The quantitative estimate of drug-likeness (QED) is 0.939. The highest BCUT2D eigenvalue weighted by atomic mass is 19.4. The number of nitrogens with zero attached hydrogens (tertiary/aromatic N) is 3. The zero-order chi connectivity index (χ0) is 17.2. The van der Waals surface area contributed by atoms with Crippen LogP contribution in [0.2, 0.25) is 0 Å². The molecule has 8 heteroatoms. The molecule has 1 N–H and O–H groups in total. The SMILES string of the molecule is Cc1nn(CC(=O)N[C@@H](c2cccnc2)C(F)(F)F)c(C)c1C. The first-order chi connectivity index (χ1) is 10.7. The van der Waals surface area contributed by atoms with Gasteiger partial charge in [-0.25, -0.2) is 0 Å². The molecular formula is C15H17F3N4O. The summed E-state index contributed by atoms with van der Waals surface area (Å²) in [5.41, 5.74) is 2.30. The summed E-state index contributed by atoms with van der Waals surface area (Å²) in [6, 6.07) is 0.575. The Hall–Kier alpha value is -2.38. The van der Waals surface area contributed by atoms with E-state index in [0.29, 0.717) is 0 Å². The molecule has 2 rings (SSSR count). The maximum atomic E-state index is 13.2. The lowest BCUT2D eigenvalue weighted by Gasteiger charge is -2.21. The Kier molecular flexibility index (Phi) is 4.72. The molecule has 0 aliphatic carbocycles. The van der Waals surface area contributed by atoms with Crippen LogP contribution >= 0.6 is 0 Å². The van der Waals surface area contributed by atoms with Gasteiger partial charge >= 0.3 is 6.18 Å². The first-order valence-corrected chi connectivity index (χ1v) is 6.96. The minimum Gasteiger partial charge on any atom is -0.339 e. The fourth-order valence-corrected chi connectivity index (χ4v) is 2.18. The molecule has 0 fully saturated rings. The molecule has 0 aliphatic rings. The Morgan fingerprint density at radius 2 is 2.04 bits per heavy atom. The summed E-state index contributed by atoms with van der Waals surface area (Å²) < 4.78 is 41.0. The summed E-state index contributed by atoms with van der Waals surface area (Å²) in [6.45, 7) is 5.13. The van der Waals surface area contributed by atoms with Gasteiger partial charge in [0.25, 0.3) is 0 Å². The van der Waals surface area contributed by atoms with E-state index in [1.54, 1.807) is 13.8 Å². The van der Waals surface area contributed by atoms with Crippen LogP contribution in [0.4, 0.5) is 13.2 Å². The number of aryl methyl sites for hydroxylation is 1. The molecule has 2 aromatic rings. The van der Waals surface area contributed by atoms with Gasteiger partial charge in [0.05, 0.1) is 5.69 Å². The van der Waals surface area contributed by atoms with Gasteiger partial charge < -0.3 is 5.32 Å². The van der Waals surface area contributed by atoms with Gasteiger partial charge in [0.2, 0.25) is 5.91 Å². The second-order valence-electron chi connectivity index (χ2n) is 5.28. The van der Waals surface area contributed by atoms with Crippen molar-refractivity contribution in [2.24, 2.45) is 0 Å². The Bertz CT molecular complexity index is 695. The highest BCUT2D eigenvalue weighted by Gasteiger charge is 2.42. The number of alkyl halides is 3. The van der Waals surface area contributed by atoms with Gasteiger partial charge in [0.15, 0.2) is 6.04 Å². The maximum absolute atomic E-state index is 13.2. The molecule has 1 atom stereocenters. The lowest BCUT2D eigenvalue weighted by molar-refractivity contribution is -0.163. The van der Waals surface area contributed by atoms with E-state index in [4.69, 9.17) is 0 Å². The number of carbonyl (C=O) groups is 1. The summed E-state index contributed by atoms with van der Waals surface area (Å²) in [4.78, 5) is 15.7. The van der Waals surface area contributed by atoms with Crippen LogP contribution in [0.1, 0.15) is 28.6 Å². The smallest absolute Gasteiger partial charge is 0.339 e. The highest BCUT2D eigenvalue weighted by Crippen LogP contribution is 2.32. The number of nitrogens with one attached hydrogen (secondary N) is 1. The normalized spacial score (nSPS) is 13.0. The zero-order valence-corrected chi connectivity index (χ0v) is 13.0. The van der Waals surface area contributed by atoms with Crippen molar-refractivity contribution in [3.8, 4) is 0 Å². The average Bonchev–Trinajstić information content (AvgIpc) is 2.72. The monoisotopic (exact) mass is 326 g/mol. The van der Waals surface area contributed by atoms with E-state index < -0.39 is 18.1 Å². The van der Waals surface area contributed by atoms with Crippen molar-refractivity contribution >= 4 is 5.91 Å². The molecule has 2 heterocycles. The standard InChI is InChI=1S/C15H17F3N4O/c1-9-10(2)21-22(11(9)3)8-13(23)20-14(15(16,17)18)12-5-4-6-19-7-12/h4-7,14H,8H2,1-3H3,(H,20,23)/t14-/m0/s1. The van der Waals surface area contributed by atoms with Gasteiger partial charge in [0.1, 0.15) is 6.54 Å². The Morgan fingerprint density at radius 1 is 1.35 bits per heavy atom. The predicted molar refractivity (Wildman–Crippen MR) is 77.6 cm³/mol. The van der Waals surface area contributed by atoms with E-state index in [9.17, 15) is 18.0 Å². The first-order valence-electron chi connectivity index (χ1n) is 6.96. The van der Waals surface area contributed by atoms with Crippen molar-refractivity contribution in [3.05, 3.63) is 47.0 Å². The molecule has 0 saturated heterocycles. The fraction of sp³-hybridized carbons (Fsp3) is 0.400. The molecular weight excluding hydrogens is 309 g/mol. The second-order valence-corrected chi connectivity index (χ2v) is 5.28. The number of carbonyl (C=O) groups excluding carboxylic acids is 1. The van der Waals surface area contributed by atoms with E-state index in [1.165, 1.54) is 23.0 Å². The third-order valence-corrected chi connectivity index (χ3v) is 3.69. The van der Waals surface area contributed by atoms with Crippen molar-refractivity contribution in [3.63, 3.8) is 0 Å². The van der Waals surface area contributed by atoms with Gasteiger partial charge in [-0.1, -0.05) is 6.07 Å². The van der Waals surface area contributed by atoms with Gasteiger partial charge in [-0.05, 0) is 32.4 Å². The number of aromatic nitrogens is 3. The maximum Gasteiger partial charge on any atom is 0.412 e. The lowest BCUT2D eigenvalue weighted by Crippen LogP contribution is -2.40. The number of rotatable bonds is 4. The van der Waals surface area contributed by atoms with E-state index in [2.05, 4.69) is 10.1 Å². The van der Waals surface area contributed by atoms with Crippen LogP contribution in [0.5, 0.6) is 0 Å². The predicted octanol–water partition coefficient (Wildman–Crippen LogP) is 2.62. The van der Waals surface area contributed by atoms with E-state index in [1.807, 2.05) is 12.2 Å². The Labute approximate surface area is 131 Å². The van der Waals surface area contributed by atoms with Gasteiger partial charge in [0, 0.05) is 23.7 Å². The molecule has 0 aromatic carbocycles. The van der Waals surface area contributed by atoms with Crippen molar-refractivity contribution < 1.29 is 18.0 Å². The van der Waals surface area contributed by atoms with Gasteiger partial charge in [-0.15, -0.1) is 0 Å². The van der Waals surface area contributed by atoms with Crippen molar-refractivity contribution in [2.75, 3.05) is 0 Å². The number of hydrogen-bond acceptors (Lipinski definition) is 3. The molecule has 124 valence electrons. The molecule has 2 aromatic heterocycles. The summed E-state index contributed by atoms with van der Waals surface area (Å²) in [5.74, 6) is -0.762. The van der Waals surface area contributed by atoms with Crippen molar-refractivity contribution in [1.82, 2.24) is 20.1 Å². The van der Waals surface area contributed by atoms with Gasteiger partial charge in [-0.2, -0.15) is 18.3 Å². The van der Waals surface area contributed by atoms with Crippen LogP contribution < -0.4 is 5.32 Å². The van der Waals surface area contributed by atoms with E-state index in [-0.39, 0.29) is 12.1 Å².